The summed E-state index contributed by atoms with van der Waals surface area (Å²) in [4.78, 5) is 27.3. The number of carbonyl (C=O) groups excluding carboxylic acids is 2. The molecule has 170 valence electrons. The number of nitrogens with zero attached hydrogens (tertiary/aromatic N) is 1. The van der Waals surface area contributed by atoms with E-state index in [4.69, 9.17) is 0 Å². The molecule has 3 amide bonds. The summed E-state index contributed by atoms with van der Waals surface area (Å²) in [6.07, 6.45) is 2.08. The zero-order valence-electron chi connectivity index (χ0n) is 18.1. The number of benzene rings is 3. The zero-order chi connectivity index (χ0) is 23.4. The predicted molar refractivity (Wildman–Crippen MR) is 126 cm³/mol. The van der Waals surface area contributed by atoms with Crippen LogP contribution in [0.5, 0.6) is 0 Å². The zero-order valence-corrected chi connectivity index (χ0v) is 18.1. The minimum atomic E-state index is -0.871. The molecule has 0 atom stereocenters. The molecule has 8 heteroatoms. The first-order valence-corrected chi connectivity index (χ1v) is 10.7. The van der Waals surface area contributed by atoms with E-state index in [2.05, 4.69) is 20.9 Å². The third-order valence-electron chi connectivity index (χ3n) is 5.44. The van der Waals surface area contributed by atoms with Gasteiger partial charge in [0, 0.05) is 30.4 Å². The molecule has 0 aliphatic carbocycles. The summed E-state index contributed by atoms with van der Waals surface area (Å²) in [6, 6.07) is 14.7. The minimum absolute atomic E-state index is 0.138. The van der Waals surface area contributed by atoms with Gasteiger partial charge in [-0.1, -0.05) is 17.7 Å². The number of aryl methyl sites for hydroxylation is 1. The van der Waals surface area contributed by atoms with Gasteiger partial charge in [-0.3, -0.25) is 4.79 Å². The van der Waals surface area contributed by atoms with Gasteiger partial charge in [0.2, 0.25) is 0 Å². The molecular weight excluding hydrogens is 426 g/mol. The fourth-order valence-electron chi connectivity index (χ4n) is 3.72. The molecule has 0 bridgehead atoms. The molecule has 3 aromatic rings. The van der Waals surface area contributed by atoms with E-state index in [1.54, 1.807) is 24.3 Å². The van der Waals surface area contributed by atoms with Crippen molar-refractivity contribution in [2.45, 2.75) is 19.8 Å². The average Bonchev–Trinajstić information content (AvgIpc) is 3.31. The van der Waals surface area contributed by atoms with E-state index in [-0.39, 0.29) is 11.6 Å². The van der Waals surface area contributed by atoms with Crippen LogP contribution >= 0.6 is 0 Å². The summed E-state index contributed by atoms with van der Waals surface area (Å²) in [5.74, 6) is -1.87. The van der Waals surface area contributed by atoms with Crippen LogP contribution in [0.25, 0.3) is 0 Å². The van der Waals surface area contributed by atoms with Crippen molar-refractivity contribution in [3.05, 3.63) is 83.4 Å². The van der Waals surface area contributed by atoms with Crippen molar-refractivity contribution in [1.82, 2.24) is 0 Å². The topological polar surface area (TPSA) is 73.5 Å². The Bertz CT molecular complexity index is 1180. The van der Waals surface area contributed by atoms with Crippen LogP contribution in [0.2, 0.25) is 0 Å². The molecule has 1 aliphatic rings. The van der Waals surface area contributed by atoms with Gasteiger partial charge in [-0.2, -0.15) is 0 Å². The van der Waals surface area contributed by atoms with Crippen LogP contribution in [0.3, 0.4) is 0 Å². The first-order chi connectivity index (χ1) is 15.9. The van der Waals surface area contributed by atoms with E-state index in [0.717, 1.165) is 49.3 Å². The van der Waals surface area contributed by atoms with E-state index >= 15 is 0 Å². The lowest BCUT2D eigenvalue weighted by Gasteiger charge is -2.22. The summed E-state index contributed by atoms with van der Waals surface area (Å²) in [6.45, 7) is 3.63. The Labute approximate surface area is 190 Å². The molecule has 0 saturated carbocycles. The smallest absolute Gasteiger partial charge is 0.323 e. The van der Waals surface area contributed by atoms with E-state index in [9.17, 15) is 18.4 Å². The van der Waals surface area contributed by atoms with Gasteiger partial charge in [0.25, 0.3) is 5.91 Å². The number of rotatable bonds is 5. The van der Waals surface area contributed by atoms with E-state index in [1.807, 2.05) is 25.1 Å². The second-order valence-corrected chi connectivity index (χ2v) is 7.95. The van der Waals surface area contributed by atoms with Crippen molar-refractivity contribution in [2.75, 3.05) is 33.9 Å². The van der Waals surface area contributed by atoms with Crippen molar-refractivity contribution in [3.63, 3.8) is 0 Å². The van der Waals surface area contributed by atoms with E-state index in [1.165, 1.54) is 0 Å². The Morgan fingerprint density at radius 3 is 2.21 bits per heavy atom. The normalized spacial score (nSPS) is 13.0. The Kier molecular flexibility index (Phi) is 6.53. The number of carbonyl (C=O) groups is 2. The highest BCUT2D eigenvalue weighted by molar-refractivity contribution is 6.06. The highest BCUT2D eigenvalue weighted by atomic mass is 19.1. The van der Waals surface area contributed by atoms with Crippen molar-refractivity contribution >= 4 is 34.7 Å². The molecular formula is C25H24F2N4O2. The number of hydrogen-bond donors (Lipinski definition) is 3. The molecule has 1 aliphatic heterocycles. The van der Waals surface area contributed by atoms with Crippen LogP contribution in [-0.2, 0) is 0 Å². The van der Waals surface area contributed by atoms with Gasteiger partial charge in [-0.25, -0.2) is 13.6 Å². The van der Waals surface area contributed by atoms with Crippen LogP contribution in [0, 0.1) is 18.6 Å². The van der Waals surface area contributed by atoms with Crippen LogP contribution < -0.4 is 20.9 Å². The van der Waals surface area contributed by atoms with Gasteiger partial charge in [0.1, 0.15) is 11.6 Å². The van der Waals surface area contributed by atoms with Gasteiger partial charge in [-0.15, -0.1) is 0 Å². The standard InChI is InChI=1S/C25H24F2N4O2/c1-16-4-6-17(7-5-16)24(32)28-19-9-11-23(31-12-2-3-13-31)22(15-19)30-25(33)29-21-10-8-18(26)14-20(21)27/h4-11,14-15H,2-3,12-13H2,1H3,(H,28,32)(H2,29,30,33). The molecule has 0 radical (unpaired) electrons. The molecule has 1 heterocycles. The average molecular weight is 450 g/mol. The first kappa shape index (κ1) is 22.3. The summed E-state index contributed by atoms with van der Waals surface area (Å²) < 4.78 is 27.1. The summed E-state index contributed by atoms with van der Waals surface area (Å²) in [5, 5.41) is 7.98. The summed E-state index contributed by atoms with van der Waals surface area (Å²) in [5.41, 5.74) is 3.21. The fraction of sp³-hybridized carbons (Fsp3) is 0.200. The molecule has 3 N–H and O–H groups in total. The quantitative estimate of drug-likeness (QED) is 0.462. The summed E-state index contributed by atoms with van der Waals surface area (Å²) in [7, 11) is 0. The van der Waals surface area contributed by atoms with Crippen molar-refractivity contribution in [2.24, 2.45) is 0 Å². The monoisotopic (exact) mass is 450 g/mol. The fourth-order valence-corrected chi connectivity index (χ4v) is 3.72. The third kappa shape index (κ3) is 5.46. The Morgan fingerprint density at radius 1 is 0.818 bits per heavy atom. The van der Waals surface area contributed by atoms with E-state index in [0.29, 0.717) is 23.0 Å². The van der Waals surface area contributed by atoms with Crippen LogP contribution in [0.1, 0.15) is 28.8 Å². The number of urea groups is 1. The second-order valence-electron chi connectivity index (χ2n) is 7.95. The lowest BCUT2D eigenvalue weighted by Crippen LogP contribution is -2.24. The minimum Gasteiger partial charge on any atom is -0.370 e. The largest absolute Gasteiger partial charge is 0.370 e. The number of anilines is 4. The Balaban J connectivity index is 1.55. The lowest BCUT2D eigenvalue weighted by molar-refractivity contribution is 0.102. The SMILES string of the molecule is Cc1ccc(C(=O)Nc2ccc(N3CCCC3)c(NC(=O)Nc3ccc(F)cc3F)c2)cc1. The van der Waals surface area contributed by atoms with E-state index < -0.39 is 17.7 Å². The van der Waals surface area contributed by atoms with Gasteiger partial charge in [0.05, 0.1) is 17.1 Å². The molecule has 3 aromatic carbocycles. The second kappa shape index (κ2) is 9.68. The molecule has 33 heavy (non-hydrogen) atoms. The van der Waals surface area contributed by atoms with Gasteiger partial charge >= 0.3 is 6.03 Å². The number of halogens is 2. The van der Waals surface area contributed by atoms with Gasteiger partial charge in [-0.05, 0) is 62.2 Å². The lowest BCUT2D eigenvalue weighted by atomic mass is 10.1. The number of hydrogen-bond acceptors (Lipinski definition) is 3. The first-order valence-electron chi connectivity index (χ1n) is 10.7. The molecule has 1 fully saturated rings. The maximum absolute atomic E-state index is 13.9. The van der Waals surface area contributed by atoms with Crippen LogP contribution in [-0.4, -0.2) is 25.0 Å². The molecule has 0 unspecified atom stereocenters. The van der Waals surface area contributed by atoms with Gasteiger partial charge in [0.15, 0.2) is 0 Å². The summed E-state index contributed by atoms with van der Waals surface area (Å²) >= 11 is 0. The van der Waals surface area contributed by atoms with Crippen molar-refractivity contribution in [1.29, 1.82) is 0 Å². The maximum atomic E-state index is 13.9. The van der Waals surface area contributed by atoms with Gasteiger partial charge < -0.3 is 20.9 Å². The highest BCUT2D eigenvalue weighted by Crippen LogP contribution is 2.32. The molecule has 1 saturated heterocycles. The van der Waals surface area contributed by atoms with Crippen LogP contribution in [0.4, 0.5) is 36.3 Å². The van der Waals surface area contributed by atoms with Crippen molar-refractivity contribution in [3.8, 4) is 0 Å². The van der Waals surface area contributed by atoms with Crippen LogP contribution in [0.15, 0.2) is 60.7 Å². The Hall–Kier alpha value is -3.94. The Morgan fingerprint density at radius 2 is 1.52 bits per heavy atom. The molecule has 4 rings (SSSR count). The third-order valence-corrected chi connectivity index (χ3v) is 5.44. The molecule has 0 spiro atoms. The predicted octanol–water partition coefficient (Wildman–Crippen LogP) is 5.77. The molecule has 6 nitrogen and oxygen atoms in total. The molecule has 0 aromatic heterocycles. The highest BCUT2D eigenvalue weighted by Gasteiger charge is 2.19. The number of amides is 3. The maximum Gasteiger partial charge on any atom is 0.323 e. The number of nitrogens with one attached hydrogen (secondary N) is 3. The van der Waals surface area contributed by atoms with Crippen molar-refractivity contribution < 1.29 is 18.4 Å².